The van der Waals surface area contributed by atoms with Crippen molar-refractivity contribution in [1.29, 1.82) is 0 Å². The Kier molecular flexibility index (Phi) is 10.8. The van der Waals surface area contributed by atoms with Crippen LogP contribution in [0.1, 0.15) is 99.8 Å². The molecule has 0 heterocycles. The molecule has 0 atom stereocenters. The molecule has 0 radical (unpaired) electrons. The lowest BCUT2D eigenvalue weighted by Gasteiger charge is -2.38. The summed E-state index contributed by atoms with van der Waals surface area (Å²) in [6.07, 6.45) is 0. The van der Waals surface area contributed by atoms with E-state index in [0.717, 1.165) is 43.4 Å². The second kappa shape index (κ2) is 14.5. The van der Waals surface area contributed by atoms with Crippen molar-refractivity contribution in [2.75, 3.05) is 0 Å². The zero-order chi connectivity index (χ0) is 37.6. The second-order valence-corrected chi connectivity index (χ2v) is 27.7. The van der Waals surface area contributed by atoms with Gasteiger partial charge in [-0.25, -0.2) is 4.79 Å². The minimum absolute atomic E-state index is 0.0903. The molecular weight excluding hydrogens is 653 g/mol. The molecule has 0 unspecified atom stereocenters. The summed E-state index contributed by atoms with van der Waals surface area (Å²) < 4.78 is 0. The second-order valence-electron chi connectivity index (χ2n) is 16.5. The maximum atomic E-state index is 11.9. The molecule has 1 N–H and O–H groups in total. The van der Waals surface area contributed by atoms with E-state index in [1.54, 1.807) is 0 Å². The maximum absolute atomic E-state index is 11.9. The van der Waals surface area contributed by atoms with Crippen molar-refractivity contribution >= 4 is 70.8 Å². The third-order valence-electron chi connectivity index (χ3n) is 12.1. The Morgan fingerprint density at radius 1 is 0.529 bits per heavy atom. The van der Waals surface area contributed by atoms with Crippen LogP contribution in [0.5, 0.6) is 0 Å². The van der Waals surface area contributed by atoms with E-state index in [2.05, 4.69) is 161 Å². The van der Waals surface area contributed by atoms with Gasteiger partial charge in [0.1, 0.15) is 16.1 Å². The van der Waals surface area contributed by atoms with E-state index in [1.807, 2.05) is 18.2 Å². The fraction of sp³-hybridized carbons (Fsp3) is 0.383. The molecule has 2 nitrogen and oxygen atoms in total. The van der Waals surface area contributed by atoms with Gasteiger partial charge >= 0.3 is 5.97 Å². The van der Waals surface area contributed by atoms with Gasteiger partial charge in [0.2, 0.25) is 0 Å². The van der Waals surface area contributed by atoms with Gasteiger partial charge in [0.25, 0.3) is 0 Å². The molecule has 0 bridgehead atoms. The van der Waals surface area contributed by atoms with Crippen molar-refractivity contribution in [2.24, 2.45) is 0 Å². The zero-order valence-electron chi connectivity index (χ0n) is 32.9. The lowest BCUT2D eigenvalue weighted by atomic mass is 9.88. The zero-order valence-corrected chi connectivity index (χ0v) is 34.9. The fourth-order valence-electron chi connectivity index (χ4n) is 9.44. The molecule has 0 fully saturated rings. The number of benzene rings is 5. The van der Waals surface area contributed by atoms with Crippen LogP contribution in [0.25, 0.3) is 48.7 Å². The van der Waals surface area contributed by atoms with Crippen molar-refractivity contribution in [1.82, 2.24) is 0 Å². The van der Waals surface area contributed by atoms with Gasteiger partial charge in [-0.15, -0.1) is 11.1 Å². The highest BCUT2D eigenvalue weighted by molar-refractivity contribution is 6.91. The van der Waals surface area contributed by atoms with Crippen LogP contribution in [-0.4, -0.2) is 27.2 Å². The summed E-state index contributed by atoms with van der Waals surface area (Å²) in [5, 5.41) is 18.6. The predicted octanol–water partition coefficient (Wildman–Crippen LogP) is 13.5. The number of rotatable bonds is 8. The molecule has 264 valence electrons. The molecule has 5 aromatic rings. The number of hydrogen-bond donors (Lipinski definition) is 1. The minimum Gasteiger partial charge on any atom is -0.478 e. The first-order chi connectivity index (χ1) is 24.0. The van der Waals surface area contributed by atoms with Crippen LogP contribution >= 0.6 is 0 Å². The quantitative estimate of drug-likeness (QED) is 0.0754. The number of aliphatic carboxylic acids is 1. The Balaban J connectivity index is 2.05. The molecule has 0 aliphatic rings. The van der Waals surface area contributed by atoms with Gasteiger partial charge in [0.05, 0.1) is 5.57 Å². The largest absolute Gasteiger partial charge is 0.478 e. The van der Waals surface area contributed by atoms with E-state index in [9.17, 15) is 9.90 Å². The third-order valence-corrected chi connectivity index (χ3v) is 24.7. The van der Waals surface area contributed by atoms with E-state index in [1.165, 1.54) is 10.8 Å². The van der Waals surface area contributed by atoms with Gasteiger partial charge < -0.3 is 5.11 Å². The molecule has 5 rings (SSSR count). The standard InChI is InChI=1S/C47H56O2Si2/c1-29(2)50(30(3)4,31(5)6)22-20-41-43-25-37-16-14-15-17-38(37)26-44(43)42(21-23-51(32(7)8,33(9)10)34(11)12)46-28-40-24-36(35(13)47(48)49)18-19-39(40)27-45(41)46/h14-19,24-34H,13H2,1-12H3,(H,48,49). The number of hydrogen-bond acceptors (Lipinski definition) is 1. The topological polar surface area (TPSA) is 37.3 Å². The maximum Gasteiger partial charge on any atom is 0.335 e. The summed E-state index contributed by atoms with van der Waals surface area (Å²) >= 11 is 0. The normalized spacial score (nSPS) is 12.5. The molecule has 0 aliphatic carbocycles. The predicted molar refractivity (Wildman–Crippen MR) is 229 cm³/mol. The first-order valence-electron chi connectivity index (χ1n) is 18.8. The van der Waals surface area contributed by atoms with Crippen molar-refractivity contribution in [3.8, 4) is 22.9 Å². The van der Waals surface area contributed by atoms with Gasteiger partial charge in [-0.1, -0.05) is 138 Å². The minimum atomic E-state index is -2.08. The monoisotopic (exact) mass is 708 g/mol. The van der Waals surface area contributed by atoms with E-state index < -0.39 is 22.1 Å². The van der Waals surface area contributed by atoms with Crippen LogP contribution < -0.4 is 0 Å². The van der Waals surface area contributed by atoms with Crippen LogP contribution in [0.4, 0.5) is 0 Å². The third kappa shape index (κ3) is 6.59. The first-order valence-corrected chi connectivity index (χ1v) is 23.3. The van der Waals surface area contributed by atoms with Crippen molar-refractivity contribution in [3.05, 3.63) is 90.0 Å². The van der Waals surface area contributed by atoms with Crippen LogP contribution in [-0.2, 0) is 4.79 Å². The van der Waals surface area contributed by atoms with Gasteiger partial charge in [-0.2, -0.15) is 0 Å². The molecule has 51 heavy (non-hydrogen) atoms. The number of carboxylic acids is 1. The van der Waals surface area contributed by atoms with E-state index in [0.29, 0.717) is 38.8 Å². The van der Waals surface area contributed by atoms with Gasteiger partial charge in [-0.05, 0) is 112 Å². The molecule has 0 amide bonds. The average molecular weight is 709 g/mol. The highest BCUT2D eigenvalue weighted by atomic mass is 28.3. The van der Waals surface area contributed by atoms with Crippen molar-refractivity contribution < 1.29 is 9.90 Å². The summed E-state index contributed by atoms with van der Waals surface area (Å²) in [6.45, 7) is 32.3. The number of carbonyl (C=O) groups is 1. The molecule has 5 aromatic carbocycles. The highest BCUT2D eigenvalue weighted by Crippen LogP contribution is 2.44. The summed E-state index contributed by atoms with van der Waals surface area (Å²) in [5.41, 5.74) is 14.0. The van der Waals surface area contributed by atoms with E-state index >= 15 is 0 Å². The van der Waals surface area contributed by atoms with Crippen LogP contribution in [0, 0.1) is 22.9 Å². The molecule has 4 heteroatoms. The molecule has 0 aliphatic heterocycles. The summed E-state index contributed by atoms with van der Waals surface area (Å²) in [7, 11) is -4.14. The summed E-state index contributed by atoms with van der Waals surface area (Å²) in [4.78, 5) is 11.9. The fourth-order valence-corrected chi connectivity index (χ4v) is 19.9. The van der Waals surface area contributed by atoms with Gasteiger partial charge in [-0.3, -0.25) is 0 Å². The Morgan fingerprint density at radius 3 is 1.20 bits per heavy atom. The molecule has 0 saturated carbocycles. The number of carboxylic acid groups (broad SMARTS) is 1. The molecule has 0 spiro atoms. The molecule has 0 saturated heterocycles. The highest BCUT2D eigenvalue weighted by Gasteiger charge is 2.43. The summed E-state index contributed by atoms with van der Waals surface area (Å²) in [5.74, 6) is 6.83. The van der Waals surface area contributed by atoms with E-state index in [-0.39, 0.29) is 5.57 Å². The summed E-state index contributed by atoms with van der Waals surface area (Å²) in [6, 6.07) is 23.6. The Bertz CT molecular complexity index is 2250. The van der Waals surface area contributed by atoms with E-state index in [4.69, 9.17) is 0 Å². The lowest BCUT2D eigenvalue weighted by molar-refractivity contribution is -0.130. The van der Waals surface area contributed by atoms with Crippen LogP contribution in [0.15, 0.2) is 73.3 Å². The first kappa shape index (κ1) is 38.1. The molecular formula is C47H56O2Si2. The Hall–Kier alpha value is -4.10. The van der Waals surface area contributed by atoms with Crippen LogP contribution in [0.2, 0.25) is 33.2 Å². The average Bonchev–Trinajstić information content (AvgIpc) is 3.06. The van der Waals surface area contributed by atoms with Gasteiger partial charge in [0, 0.05) is 11.1 Å². The lowest BCUT2D eigenvalue weighted by Crippen LogP contribution is -2.43. The Morgan fingerprint density at radius 2 is 0.863 bits per heavy atom. The van der Waals surface area contributed by atoms with Crippen LogP contribution in [0.3, 0.4) is 0 Å². The molecule has 0 aromatic heterocycles. The van der Waals surface area contributed by atoms with Crippen molar-refractivity contribution in [3.63, 3.8) is 0 Å². The number of fused-ring (bicyclic) bond motifs is 4. The Labute approximate surface area is 308 Å². The van der Waals surface area contributed by atoms with Crippen molar-refractivity contribution in [2.45, 2.75) is 116 Å². The SMILES string of the molecule is C=C(C(=O)O)c1ccc2cc3c(C#C[Si](C(C)C)(C(C)C)C(C)C)c4cc5ccccc5cc4c(C#C[Si](C(C)C)(C(C)C)C(C)C)c3cc2c1. The van der Waals surface area contributed by atoms with Gasteiger partial charge in [0.15, 0.2) is 0 Å². The smallest absolute Gasteiger partial charge is 0.335 e.